The molecule has 0 spiro atoms. The zero-order valence-electron chi connectivity index (χ0n) is 34.4. The number of benzene rings is 10. The van der Waals surface area contributed by atoms with Crippen LogP contribution >= 0.6 is 11.3 Å². The van der Waals surface area contributed by atoms with Crippen molar-refractivity contribution in [2.45, 2.75) is 0 Å². The van der Waals surface area contributed by atoms with Crippen LogP contribution in [0.25, 0.3) is 92.2 Å². The van der Waals surface area contributed by atoms with Crippen molar-refractivity contribution in [1.29, 1.82) is 0 Å². The first-order chi connectivity index (χ1) is 31.2. The summed E-state index contributed by atoms with van der Waals surface area (Å²) in [7, 11) is 0. The maximum atomic E-state index is 2.38. The molecule has 0 unspecified atom stereocenters. The first-order valence-corrected chi connectivity index (χ1v) is 22.3. The number of hydrogen-bond donors (Lipinski definition) is 0. The molecule has 0 N–H and O–H groups in total. The van der Waals surface area contributed by atoms with Gasteiger partial charge in [-0.3, -0.25) is 0 Å². The van der Waals surface area contributed by atoms with E-state index in [4.69, 9.17) is 0 Å². The number of hydrogen-bond acceptors (Lipinski definition) is 2. The lowest BCUT2D eigenvalue weighted by Crippen LogP contribution is -2.09. The number of rotatable bonds is 8. The second kappa shape index (κ2) is 15.5. The Morgan fingerprint density at radius 3 is 1.24 bits per heavy atom. The average molecular weight is 821 g/mol. The van der Waals surface area contributed by atoms with Crippen LogP contribution < -0.4 is 4.90 Å². The third-order valence-electron chi connectivity index (χ3n) is 12.4. The molecule has 63 heavy (non-hydrogen) atoms. The molecule has 296 valence electrons. The predicted molar refractivity (Wildman–Crippen MR) is 270 cm³/mol. The van der Waals surface area contributed by atoms with Crippen LogP contribution in [-0.2, 0) is 0 Å². The van der Waals surface area contributed by atoms with Crippen LogP contribution in [0.3, 0.4) is 0 Å². The molecule has 10 aromatic carbocycles. The summed E-state index contributed by atoms with van der Waals surface area (Å²) in [5, 5.41) is 5.16. The third-order valence-corrected chi connectivity index (χ3v) is 13.6. The molecule has 0 bridgehead atoms. The van der Waals surface area contributed by atoms with E-state index in [2.05, 4.69) is 252 Å². The average Bonchev–Trinajstić information content (AvgIpc) is 3.91. The normalized spacial score (nSPS) is 11.5. The van der Waals surface area contributed by atoms with E-state index in [9.17, 15) is 0 Å². The number of nitrogens with zero attached hydrogens (tertiary/aromatic N) is 2. The Bertz CT molecular complexity index is 3530. The Kier molecular flexibility index (Phi) is 9.06. The van der Waals surface area contributed by atoms with Crippen LogP contribution in [-0.4, -0.2) is 4.57 Å². The minimum absolute atomic E-state index is 1.09. The molecular formula is C60H40N2S. The van der Waals surface area contributed by atoms with Crippen LogP contribution in [0.2, 0.25) is 0 Å². The van der Waals surface area contributed by atoms with Crippen molar-refractivity contribution in [3.63, 3.8) is 0 Å². The number of aromatic nitrogens is 1. The van der Waals surface area contributed by atoms with E-state index in [1.165, 1.54) is 86.5 Å². The fourth-order valence-electron chi connectivity index (χ4n) is 9.27. The van der Waals surface area contributed by atoms with E-state index in [0.29, 0.717) is 0 Å². The molecule has 2 nitrogen and oxygen atoms in total. The molecule has 0 amide bonds. The topological polar surface area (TPSA) is 8.17 Å². The lowest BCUT2D eigenvalue weighted by molar-refractivity contribution is 1.18. The number of thiophene rings is 1. The predicted octanol–water partition coefficient (Wildman–Crippen LogP) is 17.3. The maximum Gasteiger partial charge on any atom is 0.0541 e. The lowest BCUT2D eigenvalue weighted by Gasteiger charge is -2.26. The fraction of sp³-hybridized carbons (Fsp3) is 0. The Labute approximate surface area is 370 Å². The number of para-hydroxylation sites is 2. The van der Waals surface area contributed by atoms with Gasteiger partial charge in [0, 0.05) is 53.7 Å². The van der Waals surface area contributed by atoms with Gasteiger partial charge in [0.15, 0.2) is 0 Å². The summed E-state index contributed by atoms with van der Waals surface area (Å²) in [4.78, 5) is 2.36. The monoisotopic (exact) mass is 820 g/mol. The third kappa shape index (κ3) is 6.67. The van der Waals surface area contributed by atoms with Crippen LogP contribution in [0.5, 0.6) is 0 Å². The largest absolute Gasteiger partial charge is 0.311 e. The molecule has 0 atom stereocenters. The van der Waals surface area contributed by atoms with Gasteiger partial charge in [-0.1, -0.05) is 164 Å². The van der Waals surface area contributed by atoms with Crippen molar-refractivity contribution in [2.24, 2.45) is 0 Å². The van der Waals surface area contributed by atoms with Gasteiger partial charge in [0.05, 0.1) is 11.0 Å². The summed E-state index contributed by atoms with van der Waals surface area (Å²) < 4.78 is 5.03. The highest BCUT2D eigenvalue weighted by Crippen LogP contribution is 2.40. The van der Waals surface area contributed by atoms with Gasteiger partial charge in [0.25, 0.3) is 0 Å². The molecule has 0 saturated heterocycles. The van der Waals surface area contributed by atoms with E-state index in [-0.39, 0.29) is 0 Å². The molecule has 12 rings (SSSR count). The van der Waals surface area contributed by atoms with Gasteiger partial charge in [-0.25, -0.2) is 0 Å². The van der Waals surface area contributed by atoms with Gasteiger partial charge in [-0.2, -0.15) is 0 Å². The highest BCUT2D eigenvalue weighted by molar-refractivity contribution is 7.25. The summed E-state index contributed by atoms with van der Waals surface area (Å²) in [5.41, 5.74) is 16.4. The molecule has 0 fully saturated rings. The number of fused-ring (bicyclic) bond motifs is 6. The standard InChI is InChI=1S/C60H40N2S/c1-2-11-41(12-3-1)42-21-23-43(24-22-42)44-25-32-49(33-26-44)61(51-36-29-46(30-37-51)48-31-38-60-56(40-48)55-17-6-9-20-59(55)63-60)50-34-27-45(28-35-50)47-13-10-14-52(39-47)62-57-18-7-4-15-53(57)54-16-5-8-19-58(54)62/h1-40H. The van der Waals surface area contributed by atoms with E-state index in [0.717, 1.165) is 22.7 Å². The summed E-state index contributed by atoms with van der Waals surface area (Å²) in [5.74, 6) is 0. The minimum atomic E-state index is 1.09. The fourth-order valence-corrected chi connectivity index (χ4v) is 10.4. The van der Waals surface area contributed by atoms with Crippen molar-refractivity contribution < 1.29 is 0 Å². The first kappa shape index (κ1) is 36.8. The van der Waals surface area contributed by atoms with Crippen molar-refractivity contribution in [2.75, 3.05) is 4.90 Å². The highest BCUT2D eigenvalue weighted by atomic mass is 32.1. The number of anilines is 3. The highest BCUT2D eigenvalue weighted by Gasteiger charge is 2.16. The van der Waals surface area contributed by atoms with Gasteiger partial charge in [0.2, 0.25) is 0 Å². The van der Waals surface area contributed by atoms with Crippen molar-refractivity contribution in [3.8, 4) is 50.2 Å². The SMILES string of the molecule is c1ccc(-c2ccc(-c3ccc(N(c4ccc(-c5cccc(-n6c7ccccc7c7ccccc76)c5)cc4)c4ccc(-c5ccc6sc7ccccc7c6c5)cc4)cc3)cc2)cc1. The molecule has 0 saturated carbocycles. The summed E-state index contributed by atoms with van der Waals surface area (Å²) in [6.45, 7) is 0. The molecule has 12 aromatic rings. The zero-order chi connectivity index (χ0) is 41.7. The maximum absolute atomic E-state index is 2.38. The van der Waals surface area contributed by atoms with Crippen LogP contribution in [0.4, 0.5) is 17.1 Å². The van der Waals surface area contributed by atoms with E-state index >= 15 is 0 Å². The molecule has 2 heterocycles. The van der Waals surface area contributed by atoms with Crippen LogP contribution in [0, 0.1) is 0 Å². The van der Waals surface area contributed by atoms with Gasteiger partial charge in [0.1, 0.15) is 0 Å². The van der Waals surface area contributed by atoms with E-state index in [1.807, 2.05) is 11.3 Å². The van der Waals surface area contributed by atoms with Crippen LogP contribution in [0.15, 0.2) is 243 Å². The minimum Gasteiger partial charge on any atom is -0.311 e. The second-order valence-corrected chi connectivity index (χ2v) is 17.2. The van der Waals surface area contributed by atoms with Crippen LogP contribution in [0.1, 0.15) is 0 Å². The van der Waals surface area contributed by atoms with E-state index < -0.39 is 0 Å². The second-order valence-electron chi connectivity index (χ2n) is 16.1. The Morgan fingerprint density at radius 2 is 0.667 bits per heavy atom. The van der Waals surface area contributed by atoms with Crippen molar-refractivity contribution in [1.82, 2.24) is 4.57 Å². The quantitative estimate of drug-likeness (QED) is 0.148. The van der Waals surface area contributed by atoms with Gasteiger partial charge >= 0.3 is 0 Å². The van der Waals surface area contributed by atoms with Crippen molar-refractivity contribution in [3.05, 3.63) is 243 Å². The Balaban J connectivity index is 0.899. The molecule has 0 radical (unpaired) electrons. The Hall–Kier alpha value is -7.98. The summed E-state index contributed by atoms with van der Waals surface area (Å²) >= 11 is 1.86. The molecule has 2 aromatic heterocycles. The zero-order valence-corrected chi connectivity index (χ0v) is 35.2. The molecule has 0 aliphatic carbocycles. The summed E-state index contributed by atoms with van der Waals surface area (Å²) in [6, 6.07) is 88.3. The first-order valence-electron chi connectivity index (χ1n) is 21.5. The summed E-state index contributed by atoms with van der Waals surface area (Å²) in [6.07, 6.45) is 0. The lowest BCUT2D eigenvalue weighted by atomic mass is 9.99. The molecular weight excluding hydrogens is 781 g/mol. The van der Waals surface area contributed by atoms with Gasteiger partial charge in [-0.15, -0.1) is 11.3 Å². The Morgan fingerprint density at radius 1 is 0.270 bits per heavy atom. The molecule has 3 heteroatoms. The molecule has 0 aliphatic heterocycles. The van der Waals surface area contributed by atoms with E-state index in [1.54, 1.807) is 0 Å². The molecule has 0 aliphatic rings. The van der Waals surface area contributed by atoms with Gasteiger partial charge < -0.3 is 9.47 Å². The van der Waals surface area contributed by atoms with Gasteiger partial charge in [-0.05, 0) is 123 Å². The smallest absolute Gasteiger partial charge is 0.0541 e. The van der Waals surface area contributed by atoms with Crippen molar-refractivity contribution >= 4 is 70.4 Å².